The van der Waals surface area contributed by atoms with Gasteiger partial charge in [-0.1, -0.05) is 35.9 Å². The summed E-state index contributed by atoms with van der Waals surface area (Å²) in [4.78, 5) is 39.0. The van der Waals surface area contributed by atoms with Crippen molar-refractivity contribution in [1.82, 2.24) is 4.90 Å². The topological polar surface area (TPSA) is 84.9 Å². The number of hydrogen-bond donors (Lipinski definition) is 1. The highest BCUT2D eigenvalue weighted by molar-refractivity contribution is 14.1. The molecular formula is C26H19ClI2N2O5S. The molecule has 0 saturated carbocycles. The number of imide groups is 1. The van der Waals surface area contributed by atoms with Crippen LogP contribution in [0.4, 0.5) is 10.5 Å². The monoisotopic (exact) mass is 760 g/mol. The van der Waals surface area contributed by atoms with Gasteiger partial charge in [0.25, 0.3) is 11.1 Å². The molecule has 11 heteroatoms. The number of amides is 3. The van der Waals surface area contributed by atoms with E-state index < -0.39 is 23.6 Å². The van der Waals surface area contributed by atoms with E-state index in [9.17, 15) is 14.4 Å². The number of methoxy groups -OCH3 is 1. The van der Waals surface area contributed by atoms with E-state index in [0.717, 1.165) is 29.4 Å². The van der Waals surface area contributed by atoms with E-state index in [0.29, 0.717) is 34.4 Å². The Bertz CT molecular complexity index is 1400. The number of ether oxygens (including phenoxy) is 2. The molecule has 190 valence electrons. The first-order valence-corrected chi connectivity index (χ1v) is 14.1. The van der Waals surface area contributed by atoms with E-state index >= 15 is 0 Å². The summed E-state index contributed by atoms with van der Waals surface area (Å²) in [7, 11) is 1.54. The smallest absolute Gasteiger partial charge is 0.294 e. The predicted molar refractivity (Wildman–Crippen MR) is 162 cm³/mol. The third-order valence-electron chi connectivity index (χ3n) is 5.17. The zero-order valence-electron chi connectivity index (χ0n) is 19.3. The molecule has 1 N–H and O–H groups in total. The standard InChI is InChI=1S/C26H19ClI2N2O5S/c1-35-21-11-16(10-19(29)24(21)36-14-15-6-8-17(28)9-7-15)12-22-25(33)31(26(34)37-22)13-23(32)30-20-5-3-2-4-18(20)27/h2-12H,13-14H2,1H3,(H,30,32)/b22-12+. The summed E-state index contributed by atoms with van der Waals surface area (Å²) >= 11 is 11.2. The fourth-order valence-electron chi connectivity index (χ4n) is 3.38. The van der Waals surface area contributed by atoms with Gasteiger partial charge < -0.3 is 14.8 Å². The number of para-hydroxylation sites is 1. The Morgan fingerprint density at radius 1 is 1.11 bits per heavy atom. The number of nitrogens with zero attached hydrogens (tertiary/aromatic N) is 1. The van der Waals surface area contributed by atoms with Crippen molar-refractivity contribution < 1.29 is 23.9 Å². The van der Waals surface area contributed by atoms with Gasteiger partial charge in [0.1, 0.15) is 13.2 Å². The average Bonchev–Trinajstić information content (AvgIpc) is 3.12. The number of benzene rings is 3. The van der Waals surface area contributed by atoms with Crippen LogP contribution in [-0.2, 0) is 16.2 Å². The van der Waals surface area contributed by atoms with Crippen LogP contribution in [-0.4, -0.2) is 35.6 Å². The van der Waals surface area contributed by atoms with Gasteiger partial charge in [0, 0.05) is 3.57 Å². The Balaban J connectivity index is 1.47. The van der Waals surface area contributed by atoms with Crippen molar-refractivity contribution in [3.63, 3.8) is 0 Å². The first-order chi connectivity index (χ1) is 17.7. The molecule has 1 fully saturated rings. The van der Waals surface area contributed by atoms with Gasteiger partial charge in [0.2, 0.25) is 5.91 Å². The van der Waals surface area contributed by atoms with Gasteiger partial charge in [-0.15, -0.1) is 0 Å². The van der Waals surface area contributed by atoms with Crippen molar-refractivity contribution in [1.29, 1.82) is 0 Å². The Morgan fingerprint density at radius 3 is 2.54 bits per heavy atom. The highest BCUT2D eigenvalue weighted by Crippen LogP contribution is 2.37. The predicted octanol–water partition coefficient (Wildman–Crippen LogP) is 6.81. The van der Waals surface area contributed by atoms with Crippen molar-refractivity contribution in [2.45, 2.75) is 6.61 Å². The third-order valence-corrected chi connectivity index (χ3v) is 7.93. The highest BCUT2D eigenvalue weighted by Gasteiger charge is 2.36. The molecule has 0 atom stereocenters. The van der Waals surface area contributed by atoms with E-state index in [4.69, 9.17) is 21.1 Å². The molecule has 1 saturated heterocycles. The summed E-state index contributed by atoms with van der Waals surface area (Å²) in [6.45, 7) is -0.0445. The Morgan fingerprint density at radius 2 is 1.84 bits per heavy atom. The van der Waals surface area contributed by atoms with Crippen LogP contribution in [0.25, 0.3) is 6.08 Å². The summed E-state index contributed by atoms with van der Waals surface area (Å²) in [6.07, 6.45) is 1.60. The number of rotatable bonds is 8. The summed E-state index contributed by atoms with van der Waals surface area (Å²) < 4.78 is 13.5. The largest absolute Gasteiger partial charge is 0.493 e. The van der Waals surface area contributed by atoms with E-state index in [1.165, 1.54) is 0 Å². The second kappa shape index (κ2) is 12.5. The number of anilines is 1. The van der Waals surface area contributed by atoms with Gasteiger partial charge in [-0.2, -0.15) is 0 Å². The Hall–Kier alpha value is -2.29. The number of carbonyl (C=O) groups is 3. The molecule has 0 bridgehead atoms. The number of nitrogens with one attached hydrogen (secondary N) is 1. The molecule has 1 aliphatic heterocycles. The van der Waals surface area contributed by atoms with Gasteiger partial charge in [-0.3, -0.25) is 19.3 Å². The van der Waals surface area contributed by atoms with Crippen LogP contribution in [0.3, 0.4) is 0 Å². The molecule has 0 aromatic heterocycles. The molecule has 37 heavy (non-hydrogen) atoms. The van der Waals surface area contributed by atoms with E-state index in [1.807, 2.05) is 30.3 Å². The lowest BCUT2D eigenvalue weighted by Crippen LogP contribution is -2.36. The van der Waals surface area contributed by atoms with Crippen molar-refractivity contribution in [2.24, 2.45) is 0 Å². The van der Waals surface area contributed by atoms with Gasteiger partial charge in [-0.25, -0.2) is 0 Å². The molecule has 0 radical (unpaired) electrons. The molecule has 0 spiro atoms. The number of hydrogen-bond acceptors (Lipinski definition) is 6. The van der Waals surface area contributed by atoms with Crippen LogP contribution >= 0.6 is 68.5 Å². The third kappa shape index (κ3) is 6.98. The minimum atomic E-state index is -0.544. The number of carbonyl (C=O) groups excluding carboxylic acids is 3. The maximum Gasteiger partial charge on any atom is 0.294 e. The zero-order chi connectivity index (χ0) is 26.5. The number of halogens is 3. The second-order valence-corrected chi connectivity index (χ2v) is 11.6. The average molecular weight is 761 g/mol. The second-order valence-electron chi connectivity index (χ2n) is 7.75. The van der Waals surface area contributed by atoms with Crippen molar-refractivity contribution in [2.75, 3.05) is 19.0 Å². The Kier molecular flexibility index (Phi) is 9.37. The SMILES string of the molecule is COc1cc(/C=C2/SC(=O)N(CC(=O)Nc3ccccc3Cl)C2=O)cc(I)c1OCc1ccc(I)cc1. The maximum absolute atomic E-state index is 12.9. The van der Waals surface area contributed by atoms with E-state index in [2.05, 4.69) is 50.5 Å². The van der Waals surface area contributed by atoms with Crippen LogP contribution in [0.2, 0.25) is 5.02 Å². The molecule has 0 unspecified atom stereocenters. The molecule has 4 rings (SSSR count). The van der Waals surface area contributed by atoms with E-state index in [-0.39, 0.29) is 4.91 Å². The fraction of sp³-hybridized carbons (Fsp3) is 0.115. The summed E-state index contributed by atoms with van der Waals surface area (Å²) in [6, 6.07) is 18.3. The molecule has 1 aliphatic rings. The summed E-state index contributed by atoms with van der Waals surface area (Å²) in [5.74, 6) is 0.0185. The summed E-state index contributed by atoms with van der Waals surface area (Å²) in [5, 5.41) is 2.46. The van der Waals surface area contributed by atoms with E-state index in [1.54, 1.807) is 43.5 Å². The van der Waals surface area contributed by atoms with Gasteiger partial charge in [-0.05, 0) is 111 Å². The molecule has 1 heterocycles. The Labute approximate surface area is 250 Å². The van der Waals surface area contributed by atoms with Crippen molar-refractivity contribution in [3.8, 4) is 11.5 Å². The molecule has 7 nitrogen and oxygen atoms in total. The lowest BCUT2D eigenvalue weighted by atomic mass is 10.1. The van der Waals surface area contributed by atoms with Gasteiger partial charge in [0.15, 0.2) is 11.5 Å². The van der Waals surface area contributed by atoms with Crippen LogP contribution in [0.5, 0.6) is 11.5 Å². The van der Waals surface area contributed by atoms with Crippen LogP contribution in [0.1, 0.15) is 11.1 Å². The molecule has 3 amide bonds. The zero-order valence-corrected chi connectivity index (χ0v) is 25.2. The quantitative estimate of drug-likeness (QED) is 0.201. The molecule has 3 aromatic carbocycles. The molecular weight excluding hydrogens is 742 g/mol. The highest BCUT2D eigenvalue weighted by atomic mass is 127. The van der Waals surface area contributed by atoms with Crippen LogP contribution in [0, 0.1) is 7.14 Å². The fourth-order valence-corrected chi connectivity index (χ4v) is 5.54. The van der Waals surface area contributed by atoms with Gasteiger partial charge >= 0.3 is 0 Å². The first-order valence-electron chi connectivity index (χ1n) is 10.8. The first kappa shape index (κ1) is 27.7. The van der Waals surface area contributed by atoms with Gasteiger partial charge in [0.05, 0.1) is 26.3 Å². The summed E-state index contributed by atoms with van der Waals surface area (Å²) in [5.41, 5.74) is 2.09. The normalized spacial score (nSPS) is 14.3. The number of thioether (sulfide) groups is 1. The van der Waals surface area contributed by atoms with Crippen LogP contribution < -0.4 is 14.8 Å². The lowest BCUT2D eigenvalue weighted by Gasteiger charge is -2.14. The van der Waals surface area contributed by atoms with Crippen LogP contribution in [0.15, 0.2) is 65.6 Å². The lowest BCUT2D eigenvalue weighted by molar-refractivity contribution is -0.127. The molecule has 0 aliphatic carbocycles. The minimum Gasteiger partial charge on any atom is -0.493 e. The molecule has 3 aromatic rings. The van der Waals surface area contributed by atoms with Crippen molar-refractivity contribution in [3.05, 3.63) is 88.9 Å². The van der Waals surface area contributed by atoms with Crippen molar-refractivity contribution >= 4 is 97.4 Å². The minimum absolute atomic E-state index is 0.209. The maximum atomic E-state index is 12.9.